The first-order valence-electron chi connectivity index (χ1n) is 5.84. The summed E-state index contributed by atoms with van der Waals surface area (Å²) in [7, 11) is 1.27. The van der Waals surface area contributed by atoms with Gasteiger partial charge >= 0.3 is 6.09 Å². The van der Waals surface area contributed by atoms with E-state index in [-0.39, 0.29) is 6.10 Å². The van der Waals surface area contributed by atoms with E-state index in [1.807, 2.05) is 19.9 Å². The molecule has 5 heteroatoms. The highest BCUT2D eigenvalue weighted by Crippen LogP contribution is 2.45. The Kier molecular flexibility index (Phi) is 3.32. The van der Waals surface area contributed by atoms with Crippen LogP contribution in [-0.2, 0) is 4.74 Å². The second-order valence-corrected chi connectivity index (χ2v) is 4.43. The van der Waals surface area contributed by atoms with Gasteiger partial charge in [0.05, 0.1) is 7.11 Å². The van der Waals surface area contributed by atoms with Crippen molar-refractivity contribution in [2.75, 3.05) is 7.11 Å². The highest BCUT2D eigenvalue weighted by atomic mass is 16.5. The van der Waals surface area contributed by atoms with Crippen LogP contribution in [0.25, 0.3) is 0 Å². The lowest BCUT2D eigenvalue weighted by molar-refractivity contribution is 0.180. The van der Waals surface area contributed by atoms with Gasteiger partial charge in [-0.3, -0.25) is 0 Å². The smallest absolute Gasteiger partial charge is 0.452 e. The number of carbonyl (C=O) groups is 1. The molecule has 96 valence electrons. The van der Waals surface area contributed by atoms with Crippen LogP contribution in [0.15, 0.2) is 22.4 Å². The van der Waals surface area contributed by atoms with Crippen molar-refractivity contribution in [3.63, 3.8) is 0 Å². The second kappa shape index (κ2) is 4.76. The third kappa shape index (κ3) is 2.08. The van der Waals surface area contributed by atoms with Crippen molar-refractivity contribution in [1.29, 1.82) is 0 Å². The number of methoxy groups -OCH3 is 1. The number of carbonyl (C=O) groups excluding carboxylic acids is 1. The molecule has 0 aromatic heterocycles. The minimum Gasteiger partial charge on any atom is -0.487 e. The molecule has 1 aromatic carbocycles. The third-order valence-electron chi connectivity index (χ3n) is 3.27. The van der Waals surface area contributed by atoms with E-state index in [1.165, 1.54) is 12.7 Å². The lowest BCUT2D eigenvalue weighted by Gasteiger charge is -2.08. The number of ether oxygens (including phenoxy) is 2. The standard InChI is InChI=1S/C13H16N2O3/c1-7-5-6-10(14-15-13(16)17-4)12-11(7)8(2)9(3)18-12/h5-6,8-9H,1-4H3/b15-14+. The predicted molar refractivity (Wildman–Crippen MR) is 66.6 cm³/mol. The Morgan fingerprint density at radius 3 is 2.78 bits per heavy atom. The average molecular weight is 248 g/mol. The van der Waals surface area contributed by atoms with Crippen molar-refractivity contribution in [1.82, 2.24) is 0 Å². The second-order valence-electron chi connectivity index (χ2n) is 4.43. The maximum absolute atomic E-state index is 11.0. The molecule has 0 N–H and O–H groups in total. The normalized spacial score (nSPS) is 21.8. The number of fused-ring (bicyclic) bond motifs is 1. The molecule has 0 saturated heterocycles. The van der Waals surface area contributed by atoms with Gasteiger partial charge in [0.15, 0.2) is 5.75 Å². The Morgan fingerprint density at radius 2 is 2.11 bits per heavy atom. The fourth-order valence-corrected chi connectivity index (χ4v) is 2.11. The van der Waals surface area contributed by atoms with E-state index < -0.39 is 6.09 Å². The molecule has 18 heavy (non-hydrogen) atoms. The summed E-state index contributed by atoms with van der Waals surface area (Å²) in [5.41, 5.74) is 2.87. The van der Waals surface area contributed by atoms with Gasteiger partial charge in [0, 0.05) is 11.5 Å². The van der Waals surface area contributed by atoms with E-state index in [0.717, 1.165) is 11.3 Å². The first kappa shape index (κ1) is 12.5. The fraction of sp³-hybridized carbons (Fsp3) is 0.462. The fourth-order valence-electron chi connectivity index (χ4n) is 2.11. The van der Waals surface area contributed by atoms with Gasteiger partial charge in [-0.15, -0.1) is 5.11 Å². The van der Waals surface area contributed by atoms with Gasteiger partial charge in [-0.05, 0) is 25.5 Å². The molecule has 2 atom stereocenters. The quantitative estimate of drug-likeness (QED) is 0.711. The molecule has 2 rings (SSSR count). The van der Waals surface area contributed by atoms with Crippen molar-refractivity contribution >= 4 is 11.8 Å². The van der Waals surface area contributed by atoms with Crippen molar-refractivity contribution in [2.24, 2.45) is 10.2 Å². The summed E-state index contributed by atoms with van der Waals surface area (Å²) < 4.78 is 10.2. The number of hydrogen-bond donors (Lipinski definition) is 0. The zero-order valence-corrected chi connectivity index (χ0v) is 10.9. The Balaban J connectivity index is 2.41. The van der Waals surface area contributed by atoms with Crippen LogP contribution >= 0.6 is 0 Å². The maximum atomic E-state index is 11.0. The van der Waals surface area contributed by atoms with Crippen LogP contribution in [0.2, 0.25) is 0 Å². The predicted octanol–water partition coefficient (Wildman–Crippen LogP) is 3.73. The third-order valence-corrected chi connectivity index (χ3v) is 3.27. The van der Waals surface area contributed by atoms with Crippen LogP contribution in [0, 0.1) is 6.92 Å². The van der Waals surface area contributed by atoms with Gasteiger partial charge in [-0.25, -0.2) is 4.79 Å². The largest absolute Gasteiger partial charge is 0.487 e. The van der Waals surface area contributed by atoms with E-state index in [1.54, 1.807) is 6.07 Å². The monoisotopic (exact) mass is 248 g/mol. The van der Waals surface area contributed by atoms with E-state index in [4.69, 9.17) is 4.74 Å². The van der Waals surface area contributed by atoms with Gasteiger partial charge < -0.3 is 9.47 Å². The topological polar surface area (TPSA) is 60.2 Å². The van der Waals surface area contributed by atoms with Crippen molar-refractivity contribution < 1.29 is 14.3 Å². The summed E-state index contributed by atoms with van der Waals surface area (Å²) in [5, 5.41) is 7.34. The maximum Gasteiger partial charge on any atom is 0.452 e. The number of azo groups is 1. The van der Waals surface area contributed by atoms with Crippen LogP contribution in [0.4, 0.5) is 10.5 Å². The summed E-state index contributed by atoms with van der Waals surface area (Å²) >= 11 is 0. The molecule has 1 aliphatic rings. The lowest BCUT2D eigenvalue weighted by Crippen LogP contribution is -2.10. The molecule has 5 nitrogen and oxygen atoms in total. The molecule has 0 spiro atoms. The Morgan fingerprint density at radius 1 is 1.39 bits per heavy atom. The molecule has 0 saturated carbocycles. The summed E-state index contributed by atoms with van der Waals surface area (Å²) in [6, 6.07) is 3.76. The first-order valence-corrected chi connectivity index (χ1v) is 5.84. The van der Waals surface area contributed by atoms with E-state index in [2.05, 4.69) is 21.9 Å². The molecule has 0 radical (unpaired) electrons. The molecular formula is C13H16N2O3. The molecule has 0 aliphatic carbocycles. The van der Waals surface area contributed by atoms with E-state index >= 15 is 0 Å². The van der Waals surface area contributed by atoms with Gasteiger partial charge in [0.1, 0.15) is 11.8 Å². The minimum atomic E-state index is -0.719. The van der Waals surface area contributed by atoms with E-state index in [0.29, 0.717) is 11.6 Å². The zero-order chi connectivity index (χ0) is 13.3. The molecule has 0 bridgehead atoms. The summed E-state index contributed by atoms with van der Waals surface area (Å²) in [6.45, 7) is 6.17. The average Bonchev–Trinajstić information content (AvgIpc) is 2.65. The molecule has 1 aliphatic heterocycles. The zero-order valence-electron chi connectivity index (χ0n) is 10.9. The highest BCUT2D eigenvalue weighted by molar-refractivity contribution is 5.69. The summed E-state index contributed by atoms with van der Waals surface area (Å²) in [4.78, 5) is 11.0. The van der Waals surface area contributed by atoms with Crippen molar-refractivity contribution in [3.05, 3.63) is 23.3 Å². The Bertz CT molecular complexity index is 511. The van der Waals surface area contributed by atoms with Gasteiger partial charge in [-0.1, -0.05) is 18.1 Å². The van der Waals surface area contributed by atoms with Crippen molar-refractivity contribution in [2.45, 2.75) is 32.8 Å². The van der Waals surface area contributed by atoms with Gasteiger partial charge in [0.2, 0.25) is 0 Å². The van der Waals surface area contributed by atoms with Crippen LogP contribution in [-0.4, -0.2) is 19.3 Å². The summed E-state index contributed by atoms with van der Waals surface area (Å²) in [5.74, 6) is 1.04. The number of rotatable bonds is 1. The minimum absolute atomic E-state index is 0.105. The van der Waals surface area contributed by atoms with Crippen LogP contribution in [0.1, 0.15) is 30.9 Å². The molecule has 1 amide bonds. The number of amides is 1. The van der Waals surface area contributed by atoms with Gasteiger partial charge in [-0.2, -0.15) is 0 Å². The lowest BCUT2D eigenvalue weighted by atomic mass is 9.94. The number of nitrogens with zero attached hydrogens (tertiary/aromatic N) is 2. The number of benzene rings is 1. The number of aryl methyl sites for hydroxylation is 1. The van der Waals surface area contributed by atoms with E-state index in [9.17, 15) is 4.79 Å². The van der Waals surface area contributed by atoms with Crippen LogP contribution in [0.3, 0.4) is 0 Å². The molecule has 0 fully saturated rings. The molecule has 1 heterocycles. The number of hydrogen-bond acceptors (Lipinski definition) is 4. The Labute approximate surface area is 106 Å². The summed E-state index contributed by atoms with van der Waals surface area (Å²) in [6.07, 6.45) is -0.614. The molecular weight excluding hydrogens is 232 g/mol. The van der Waals surface area contributed by atoms with Crippen LogP contribution in [0.5, 0.6) is 5.75 Å². The Hall–Kier alpha value is -1.91. The van der Waals surface area contributed by atoms with Gasteiger partial charge in [0.25, 0.3) is 0 Å². The van der Waals surface area contributed by atoms with Crippen LogP contribution < -0.4 is 4.74 Å². The molecule has 2 unspecified atom stereocenters. The SMILES string of the molecule is COC(=O)/N=N/c1ccc(C)c2c1OC(C)C2C. The first-order chi connectivity index (χ1) is 8.54. The molecule has 1 aromatic rings. The highest BCUT2D eigenvalue weighted by Gasteiger charge is 2.31. The van der Waals surface area contributed by atoms with Crippen molar-refractivity contribution in [3.8, 4) is 5.75 Å².